The van der Waals surface area contributed by atoms with Crippen LogP contribution >= 0.6 is 11.8 Å². The van der Waals surface area contributed by atoms with Crippen molar-refractivity contribution in [3.8, 4) is 0 Å². The summed E-state index contributed by atoms with van der Waals surface area (Å²) < 4.78 is 40.6. The van der Waals surface area contributed by atoms with Crippen LogP contribution in [-0.2, 0) is 4.79 Å². The van der Waals surface area contributed by atoms with E-state index >= 15 is 0 Å². The van der Waals surface area contributed by atoms with Crippen LogP contribution < -0.4 is 5.32 Å². The minimum atomic E-state index is -4.86. The van der Waals surface area contributed by atoms with Gasteiger partial charge >= 0.3 is 11.8 Å². The first-order valence-corrected chi connectivity index (χ1v) is 7.15. The Morgan fingerprint density at radius 1 is 1.48 bits per heavy atom. The fraction of sp³-hybridized carbons (Fsp3) is 0.417. The largest absolute Gasteiger partial charge is 0.442 e. The number of halogens is 3. The van der Waals surface area contributed by atoms with Gasteiger partial charge in [0.05, 0.1) is 0 Å². The second kappa shape index (κ2) is 4.62. The van der Waals surface area contributed by atoms with E-state index in [4.69, 9.17) is 0 Å². The highest BCUT2D eigenvalue weighted by Gasteiger charge is 2.67. The number of fused-ring (bicyclic) bond motifs is 1. The molecule has 1 aromatic rings. The molecule has 0 bridgehead atoms. The summed E-state index contributed by atoms with van der Waals surface area (Å²) >= 11 is 1.14. The molecule has 0 saturated carbocycles. The van der Waals surface area contributed by atoms with Gasteiger partial charge in [-0.15, -0.1) is 0 Å². The van der Waals surface area contributed by atoms with Crippen LogP contribution in [0.15, 0.2) is 23.3 Å². The predicted molar refractivity (Wildman–Crippen MR) is 73.0 cm³/mol. The van der Waals surface area contributed by atoms with Gasteiger partial charge in [-0.05, 0) is 18.6 Å². The van der Waals surface area contributed by atoms with E-state index in [0.29, 0.717) is 11.3 Å². The third kappa shape index (κ3) is 2.06. The number of anilines is 1. The van der Waals surface area contributed by atoms with Gasteiger partial charge in [0.15, 0.2) is 5.17 Å². The van der Waals surface area contributed by atoms with Gasteiger partial charge in [0.2, 0.25) is 0 Å². The van der Waals surface area contributed by atoms with Crippen molar-refractivity contribution in [1.82, 2.24) is 9.88 Å². The van der Waals surface area contributed by atoms with Crippen molar-refractivity contribution < 1.29 is 18.0 Å². The number of nitrogens with zero attached hydrogens (tertiary/aromatic N) is 3. The third-order valence-corrected chi connectivity index (χ3v) is 4.27. The van der Waals surface area contributed by atoms with Gasteiger partial charge in [-0.1, -0.05) is 17.8 Å². The van der Waals surface area contributed by atoms with E-state index in [1.807, 2.05) is 0 Å². The number of aryl methyl sites for hydroxylation is 1. The fourth-order valence-corrected chi connectivity index (χ4v) is 3.18. The molecule has 3 heterocycles. The average Bonchev–Trinajstić information content (AvgIpc) is 2.95. The number of pyridine rings is 1. The molecule has 1 N–H and O–H groups in total. The minimum absolute atomic E-state index is 0.00121. The Labute approximate surface area is 122 Å². The van der Waals surface area contributed by atoms with Crippen LogP contribution in [0.4, 0.5) is 19.0 Å². The monoisotopic (exact) mass is 316 g/mol. The summed E-state index contributed by atoms with van der Waals surface area (Å²) in [6, 6.07) is 3.22. The molecule has 0 aromatic carbocycles. The Morgan fingerprint density at radius 2 is 2.24 bits per heavy atom. The Morgan fingerprint density at radius 3 is 2.86 bits per heavy atom. The number of aromatic nitrogens is 1. The number of nitrogens with one attached hydrogen (secondary N) is 1. The molecule has 3 rings (SSSR count). The molecule has 0 aliphatic carbocycles. The van der Waals surface area contributed by atoms with E-state index in [-0.39, 0.29) is 17.5 Å². The topological polar surface area (TPSA) is 57.6 Å². The molecule has 0 unspecified atom stereocenters. The maximum atomic E-state index is 13.5. The highest BCUT2D eigenvalue weighted by atomic mass is 32.2. The normalized spacial score (nSPS) is 25.0. The van der Waals surface area contributed by atoms with Gasteiger partial charge < -0.3 is 5.32 Å². The van der Waals surface area contributed by atoms with Crippen LogP contribution in [-0.4, -0.2) is 45.1 Å². The summed E-state index contributed by atoms with van der Waals surface area (Å²) in [6.45, 7) is 1.85. The molecule has 1 saturated heterocycles. The standard InChI is InChI=1S/C12H11F3N4OS/c1-7-3-2-4-16-8(7)17-11(12(13,14)15)9(20)19-5-6-21-10(19)18-11/h2-4H,5-6H2,1H3,(H,16,17)/t11-/m0/s1. The van der Waals surface area contributed by atoms with Crippen LogP contribution in [0, 0.1) is 6.92 Å². The number of alkyl halides is 3. The fourth-order valence-electron chi connectivity index (χ4n) is 2.19. The lowest BCUT2D eigenvalue weighted by Crippen LogP contribution is -2.58. The Balaban J connectivity index is 2.06. The maximum absolute atomic E-state index is 13.5. The molecule has 2 aliphatic rings. The van der Waals surface area contributed by atoms with E-state index in [9.17, 15) is 18.0 Å². The Hall–Kier alpha value is -1.77. The molecule has 9 heteroatoms. The lowest BCUT2D eigenvalue weighted by Gasteiger charge is -2.29. The summed E-state index contributed by atoms with van der Waals surface area (Å²) in [5.74, 6) is -0.542. The quantitative estimate of drug-likeness (QED) is 0.907. The molecule has 1 amide bonds. The number of rotatable bonds is 2. The zero-order chi connectivity index (χ0) is 15.3. The van der Waals surface area contributed by atoms with Crippen LogP contribution in [0.3, 0.4) is 0 Å². The lowest BCUT2D eigenvalue weighted by atomic mass is 10.1. The number of amidine groups is 1. The molecule has 1 aromatic heterocycles. The molecule has 1 fully saturated rings. The highest BCUT2D eigenvalue weighted by Crippen LogP contribution is 2.42. The van der Waals surface area contributed by atoms with Gasteiger partial charge in [-0.2, -0.15) is 13.2 Å². The highest BCUT2D eigenvalue weighted by molar-refractivity contribution is 8.14. The molecular formula is C12H11F3N4OS. The molecule has 2 aliphatic heterocycles. The van der Waals surface area contributed by atoms with Crippen LogP contribution in [0.2, 0.25) is 0 Å². The van der Waals surface area contributed by atoms with E-state index < -0.39 is 17.7 Å². The van der Waals surface area contributed by atoms with Crippen LogP contribution in [0.5, 0.6) is 0 Å². The molecule has 112 valence electrons. The smallest absolute Gasteiger partial charge is 0.330 e. The van der Waals surface area contributed by atoms with E-state index in [0.717, 1.165) is 16.7 Å². The second-order valence-electron chi connectivity index (χ2n) is 4.70. The summed E-state index contributed by atoms with van der Waals surface area (Å²) in [4.78, 5) is 20.9. The van der Waals surface area contributed by atoms with Gasteiger partial charge in [-0.25, -0.2) is 9.98 Å². The number of carbonyl (C=O) groups excluding carboxylic acids is 1. The second-order valence-corrected chi connectivity index (χ2v) is 5.76. The van der Waals surface area contributed by atoms with Gasteiger partial charge in [-0.3, -0.25) is 9.69 Å². The number of hydrogen-bond acceptors (Lipinski definition) is 5. The number of aliphatic imine (C=N–C) groups is 1. The van der Waals surface area contributed by atoms with E-state index in [1.54, 1.807) is 19.1 Å². The summed E-state index contributed by atoms with van der Waals surface area (Å²) in [6.07, 6.45) is -3.49. The van der Waals surface area contributed by atoms with E-state index in [2.05, 4.69) is 15.3 Å². The van der Waals surface area contributed by atoms with Crippen molar-refractivity contribution in [3.05, 3.63) is 23.9 Å². The maximum Gasteiger partial charge on any atom is 0.442 e. The zero-order valence-electron chi connectivity index (χ0n) is 10.9. The first-order chi connectivity index (χ1) is 9.85. The van der Waals surface area contributed by atoms with E-state index in [1.165, 1.54) is 6.20 Å². The molecule has 0 radical (unpaired) electrons. The molecule has 21 heavy (non-hydrogen) atoms. The van der Waals surface area contributed by atoms with Crippen molar-refractivity contribution in [1.29, 1.82) is 0 Å². The average molecular weight is 316 g/mol. The first kappa shape index (κ1) is 14.2. The van der Waals surface area contributed by atoms with Crippen LogP contribution in [0.25, 0.3) is 0 Å². The van der Waals surface area contributed by atoms with Crippen molar-refractivity contribution >= 4 is 28.7 Å². The Kier molecular flexibility index (Phi) is 3.12. The molecular weight excluding hydrogens is 305 g/mol. The SMILES string of the molecule is Cc1cccnc1N[C@]1(C(F)(F)F)N=C2SCCN2C1=O. The summed E-state index contributed by atoms with van der Waals surface area (Å²) in [7, 11) is 0. The predicted octanol–water partition coefficient (Wildman–Crippen LogP) is 2.01. The molecule has 0 spiro atoms. The minimum Gasteiger partial charge on any atom is -0.330 e. The van der Waals surface area contributed by atoms with Gasteiger partial charge in [0, 0.05) is 18.5 Å². The Bertz CT molecular complexity index is 633. The summed E-state index contributed by atoms with van der Waals surface area (Å²) in [5, 5.41) is 2.32. The third-order valence-electron chi connectivity index (χ3n) is 3.31. The number of amides is 1. The zero-order valence-corrected chi connectivity index (χ0v) is 11.8. The lowest BCUT2D eigenvalue weighted by molar-refractivity contribution is -0.185. The number of thioether (sulfide) groups is 1. The van der Waals surface area contributed by atoms with Gasteiger partial charge in [0.1, 0.15) is 5.82 Å². The number of carbonyl (C=O) groups is 1. The number of hydrogen-bond donors (Lipinski definition) is 1. The van der Waals surface area contributed by atoms with Crippen molar-refractivity contribution in [2.45, 2.75) is 18.8 Å². The van der Waals surface area contributed by atoms with Crippen molar-refractivity contribution in [2.24, 2.45) is 4.99 Å². The first-order valence-electron chi connectivity index (χ1n) is 6.16. The van der Waals surface area contributed by atoms with Gasteiger partial charge in [0.25, 0.3) is 5.91 Å². The van der Waals surface area contributed by atoms with Crippen molar-refractivity contribution in [2.75, 3.05) is 17.6 Å². The van der Waals surface area contributed by atoms with Crippen molar-refractivity contribution in [3.63, 3.8) is 0 Å². The molecule has 1 atom stereocenters. The van der Waals surface area contributed by atoms with Crippen LogP contribution in [0.1, 0.15) is 5.56 Å². The summed E-state index contributed by atoms with van der Waals surface area (Å²) in [5.41, 5.74) is -2.47. The molecule has 5 nitrogen and oxygen atoms in total.